The smallest absolute Gasteiger partial charge is 0.111 e. The van der Waals surface area contributed by atoms with Crippen molar-refractivity contribution in [1.82, 2.24) is 10.2 Å². The average molecular weight is 150 g/mol. The van der Waals surface area contributed by atoms with Crippen LogP contribution in [-0.4, -0.2) is 37.1 Å². The van der Waals surface area contributed by atoms with Gasteiger partial charge in [0.05, 0.1) is 18.7 Å². The number of nitriles is 2. The van der Waals surface area contributed by atoms with Gasteiger partial charge >= 0.3 is 0 Å². The summed E-state index contributed by atoms with van der Waals surface area (Å²) >= 11 is 0. The molecule has 0 bridgehead atoms. The van der Waals surface area contributed by atoms with Crippen molar-refractivity contribution in [3.05, 3.63) is 0 Å². The Hall–Kier alpha value is -1.10. The molecule has 0 aromatic carbocycles. The van der Waals surface area contributed by atoms with Crippen molar-refractivity contribution in [3.8, 4) is 12.1 Å². The fourth-order valence-corrected chi connectivity index (χ4v) is 1.15. The third-order valence-corrected chi connectivity index (χ3v) is 1.78. The van der Waals surface area contributed by atoms with Crippen LogP contribution >= 0.6 is 0 Å². The number of nitrogens with zero attached hydrogens (tertiary/aromatic N) is 3. The second kappa shape index (κ2) is 3.92. The van der Waals surface area contributed by atoms with E-state index in [0.29, 0.717) is 13.1 Å². The molecule has 1 heterocycles. The van der Waals surface area contributed by atoms with Gasteiger partial charge in [-0.25, -0.2) is 0 Å². The highest BCUT2D eigenvalue weighted by Crippen LogP contribution is 1.99. The summed E-state index contributed by atoms with van der Waals surface area (Å²) in [5.41, 5.74) is 0. The molecule has 4 nitrogen and oxygen atoms in total. The normalized spacial score (nSPS) is 25.5. The first-order chi connectivity index (χ1) is 5.38. The maximum atomic E-state index is 8.65. The van der Waals surface area contributed by atoms with Gasteiger partial charge in [-0.1, -0.05) is 0 Å². The molecule has 11 heavy (non-hydrogen) atoms. The molecule has 4 heteroatoms. The lowest BCUT2D eigenvalue weighted by atomic mass is 10.2. The van der Waals surface area contributed by atoms with Gasteiger partial charge in [0.25, 0.3) is 0 Å². The Morgan fingerprint density at radius 1 is 1.55 bits per heavy atom. The predicted molar refractivity (Wildman–Crippen MR) is 39.5 cm³/mol. The van der Waals surface area contributed by atoms with Crippen molar-refractivity contribution in [1.29, 1.82) is 10.5 Å². The summed E-state index contributed by atoms with van der Waals surface area (Å²) in [6.07, 6.45) is 0. The Kier molecular flexibility index (Phi) is 2.85. The monoisotopic (exact) mass is 150 g/mol. The summed E-state index contributed by atoms with van der Waals surface area (Å²) in [6, 6.07) is 4.08. The van der Waals surface area contributed by atoms with Gasteiger partial charge < -0.3 is 5.32 Å². The van der Waals surface area contributed by atoms with Crippen molar-refractivity contribution in [2.45, 2.75) is 6.04 Å². The Labute approximate surface area is 66.0 Å². The van der Waals surface area contributed by atoms with Crippen LogP contribution in [0.3, 0.4) is 0 Å². The van der Waals surface area contributed by atoms with E-state index in [1.165, 1.54) is 0 Å². The highest BCUT2D eigenvalue weighted by Gasteiger charge is 2.20. The van der Waals surface area contributed by atoms with Crippen LogP contribution < -0.4 is 5.32 Å². The maximum absolute atomic E-state index is 8.65. The molecule has 0 aliphatic carbocycles. The highest BCUT2D eigenvalue weighted by atomic mass is 15.2. The Morgan fingerprint density at radius 2 is 2.36 bits per heavy atom. The molecule has 1 aliphatic heterocycles. The standard InChI is InChI=1S/C7H10N4/c8-1-3-11-4-2-10-6-7(11)5-9/h7,10H,2-4,6H2. The van der Waals surface area contributed by atoms with Gasteiger partial charge in [0.1, 0.15) is 6.04 Å². The molecule has 1 saturated heterocycles. The average Bonchev–Trinajstić information content (AvgIpc) is 2.06. The Balaban J connectivity index is 2.47. The molecule has 1 aliphatic rings. The zero-order chi connectivity index (χ0) is 8.10. The molecule has 1 unspecified atom stereocenters. The zero-order valence-electron chi connectivity index (χ0n) is 6.25. The van der Waals surface area contributed by atoms with Crippen LogP contribution in [0, 0.1) is 22.7 Å². The minimum absolute atomic E-state index is 0.122. The quantitative estimate of drug-likeness (QED) is 0.502. The number of hydrogen-bond donors (Lipinski definition) is 1. The van der Waals surface area contributed by atoms with E-state index >= 15 is 0 Å². The second-order valence-electron chi connectivity index (χ2n) is 2.48. The largest absolute Gasteiger partial charge is 0.313 e. The molecule has 0 spiro atoms. The Bertz CT molecular complexity index is 199. The fourth-order valence-electron chi connectivity index (χ4n) is 1.15. The van der Waals surface area contributed by atoms with Crippen molar-refractivity contribution < 1.29 is 0 Å². The van der Waals surface area contributed by atoms with Crippen molar-refractivity contribution in [2.75, 3.05) is 26.2 Å². The molecule has 1 N–H and O–H groups in total. The molecule has 1 fully saturated rings. The minimum Gasteiger partial charge on any atom is -0.313 e. The summed E-state index contributed by atoms with van der Waals surface area (Å²) < 4.78 is 0. The van der Waals surface area contributed by atoms with Crippen molar-refractivity contribution in [2.24, 2.45) is 0 Å². The number of hydrogen-bond acceptors (Lipinski definition) is 4. The van der Waals surface area contributed by atoms with Crippen LogP contribution in [0.5, 0.6) is 0 Å². The Morgan fingerprint density at radius 3 is 3.00 bits per heavy atom. The summed E-state index contributed by atoms with van der Waals surface area (Å²) in [7, 11) is 0. The first-order valence-electron chi connectivity index (χ1n) is 3.60. The van der Waals surface area contributed by atoms with E-state index in [2.05, 4.69) is 11.4 Å². The number of rotatable bonds is 1. The number of piperazine rings is 1. The lowest BCUT2D eigenvalue weighted by Gasteiger charge is -2.29. The summed E-state index contributed by atoms with van der Waals surface area (Å²) in [6.45, 7) is 2.71. The predicted octanol–water partition coefficient (Wildman–Crippen LogP) is -0.693. The molecule has 0 saturated carbocycles. The molecule has 0 amide bonds. The third-order valence-electron chi connectivity index (χ3n) is 1.78. The van der Waals surface area contributed by atoms with Crippen LogP contribution in [0.2, 0.25) is 0 Å². The fraction of sp³-hybridized carbons (Fsp3) is 0.714. The molecular weight excluding hydrogens is 140 g/mol. The van der Waals surface area contributed by atoms with Gasteiger partial charge in [0.2, 0.25) is 0 Å². The van der Waals surface area contributed by atoms with E-state index in [1.54, 1.807) is 0 Å². The molecule has 0 aromatic rings. The van der Waals surface area contributed by atoms with Crippen LogP contribution in [0.4, 0.5) is 0 Å². The van der Waals surface area contributed by atoms with Crippen LogP contribution in [0.15, 0.2) is 0 Å². The summed E-state index contributed by atoms with van der Waals surface area (Å²) in [5, 5.41) is 20.2. The third kappa shape index (κ3) is 1.91. The summed E-state index contributed by atoms with van der Waals surface area (Å²) in [5.74, 6) is 0. The van der Waals surface area contributed by atoms with E-state index in [4.69, 9.17) is 10.5 Å². The van der Waals surface area contributed by atoms with Crippen molar-refractivity contribution in [3.63, 3.8) is 0 Å². The van der Waals surface area contributed by atoms with Gasteiger partial charge in [-0.15, -0.1) is 0 Å². The van der Waals surface area contributed by atoms with E-state index in [0.717, 1.165) is 13.1 Å². The van der Waals surface area contributed by atoms with E-state index in [-0.39, 0.29) is 6.04 Å². The highest BCUT2D eigenvalue weighted by molar-refractivity contribution is 4.98. The van der Waals surface area contributed by atoms with Crippen LogP contribution in [0.1, 0.15) is 0 Å². The van der Waals surface area contributed by atoms with Gasteiger partial charge in [0, 0.05) is 19.6 Å². The van der Waals surface area contributed by atoms with E-state index in [1.807, 2.05) is 11.0 Å². The SMILES string of the molecule is N#CCN1CCNCC1C#N. The molecule has 0 radical (unpaired) electrons. The lowest BCUT2D eigenvalue weighted by Crippen LogP contribution is -2.50. The van der Waals surface area contributed by atoms with Gasteiger partial charge in [-0.2, -0.15) is 10.5 Å². The summed E-state index contributed by atoms with van der Waals surface area (Å²) in [4.78, 5) is 1.89. The number of nitrogens with one attached hydrogen (secondary N) is 1. The van der Waals surface area contributed by atoms with Crippen LogP contribution in [0.25, 0.3) is 0 Å². The minimum atomic E-state index is -0.122. The molecule has 58 valence electrons. The first kappa shape index (κ1) is 8.00. The lowest BCUT2D eigenvalue weighted by molar-refractivity contribution is 0.220. The zero-order valence-corrected chi connectivity index (χ0v) is 6.25. The van der Waals surface area contributed by atoms with E-state index in [9.17, 15) is 0 Å². The topological polar surface area (TPSA) is 62.9 Å². The molecule has 0 aromatic heterocycles. The molecule has 1 rings (SSSR count). The second-order valence-corrected chi connectivity index (χ2v) is 2.48. The maximum Gasteiger partial charge on any atom is 0.111 e. The molecule has 1 atom stereocenters. The first-order valence-corrected chi connectivity index (χ1v) is 3.60. The molecular formula is C7H10N4. The van der Waals surface area contributed by atoms with Crippen molar-refractivity contribution >= 4 is 0 Å². The van der Waals surface area contributed by atoms with Crippen LogP contribution in [-0.2, 0) is 0 Å². The van der Waals surface area contributed by atoms with Gasteiger partial charge in [0.15, 0.2) is 0 Å². The van der Waals surface area contributed by atoms with E-state index < -0.39 is 0 Å². The van der Waals surface area contributed by atoms with Gasteiger partial charge in [-0.05, 0) is 0 Å². The van der Waals surface area contributed by atoms with Gasteiger partial charge in [-0.3, -0.25) is 4.90 Å².